The summed E-state index contributed by atoms with van der Waals surface area (Å²) in [6.07, 6.45) is -0.0227. The maximum Gasteiger partial charge on any atom is 0.419 e. The lowest BCUT2D eigenvalue weighted by Crippen LogP contribution is -2.12. The van der Waals surface area contributed by atoms with Gasteiger partial charge in [-0.05, 0) is 17.7 Å². The van der Waals surface area contributed by atoms with E-state index in [-0.39, 0.29) is 12.3 Å². The van der Waals surface area contributed by atoms with Crippen LogP contribution < -0.4 is 5.76 Å². The third-order valence-electron chi connectivity index (χ3n) is 3.08. The van der Waals surface area contributed by atoms with E-state index < -0.39 is 11.7 Å². The van der Waals surface area contributed by atoms with Gasteiger partial charge in [0.05, 0.1) is 18.5 Å². The zero-order chi connectivity index (χ0) is 14.0. The number of benzene rings is 1. The summed E-state index contributed by atoms with van der Waals surface area (Å²) in [7, 11) is 3.14. The average molecular weight is 265 g/mol. The molecule has 0 radical (unpaired) electrons. The fourth-order valence-electron chi connectivity index (χ4n) is 2.08. The highest BCUT2D eigenvalue weighted by Crippen LogP contribution is 2.24. The van der Waals surface area contributed by atoms with E-state index in [1.54, 1.807) is 25.2 Å². The van der Waals surface area contributed by atoms with Gasteiger partial charge in [-0.2, -0.15) is 0 Å². The molecule has 1 unspecified atom stereocenters. The SMILES string of the molecule is COCC(CC(=O)O)c1ccc2oc(=O)n(C)c2c1. The first-order valence-electron chi connectivity index (χ1n) is 5.83. The number of hydrogen-bond acceptors (Lipinski definition) is 4. The summed E-state index contributed by atoms with van der Waals surface area (Å²) in [6.45, 7) is 0.309. The summed E-state index contributed by atoms with van der Waals surface area (Å²) >= 11 is 0. The number of carboxylic acids is 1. The molecule has 1 aromatic carbocycles. The summed E-state index contributed by atoms with van der Waals surface area (Å²) in [5.41, 5.74) is 1.95. The van der Waals surface area contributed by atoms with Gasteiger partial charge < -0.3 is 14.3 Å². The summed E-state index contributed by atoms with van der Waals surface area (Å²) in [4.78, 5) is 22.3. The van der Waals surface area contributed by atoms with E-state index in [2.05, 4.69) is 0 Å². The van der Waals surface area contributed by atoms with Gasteiger partial charge in [0.25, 0.3) is 0 Å². The standard InChI is InChI=1S/C13H15NO5/c1-14-10-5-8(3-4-11(10)19-13(14)17)9(7-18-2)6-12(15)16/h3-5,9H,6-7H2,1-2H3,(H,15,16). The molecule has 0 aliphatic rings. The van der Waals surface area contributed by atoms with E-state index in [0.717, 1.165) is 5.56 Å². The highest BCUT2D eigenvalue weighted by molar-refractivity contribution is 5.74. The van der Waals surface area contributed by atoms with Crippen LogP contribution >= 0.6 is 0 Å². The molecule has 0 aliphatic carbocycles. The molecule has 19 heavy (non-hydrogen) atoms. The number of fused-ring (bicyclic) bond motifs is 1. The number of methoxy groups -OCH3 is 1. The summed E-state index contributed by atoms with van der Waals surface area (Å²) in [5, 5.41) is 8.91. The molecule has 0 spiro atoms. The largest absolute Gasteiger partial charge is 0.481 e. The van der Waals surface area contributed by atoms with Gasteiger partial charge in [0.2, 0.25) is 0 Å². The van der Waals surface area contributed by atoms with E-state index in [1.807, 2.05) is 0 Å². The number of oxazole rings is 1. The minimum atomic E-state index is -0.886. The van der Waals surface area contributed by atoms with E-state index >= 15 is 0 Å². The number of ether oxygens (including phenoxy) is 1. The Morgan fingerprint density at radius 1 is 1.53 bits per heavy atom. The first-order valence-corrected chi connectivity index (χ1v) is 5.83. The smallest absolute Gasteiger partial charge is 0.419 e. The molecular weight excluding hydrogens is 250 g/mol. The maximum atomic E-state index is 11.4. The average Bonchev–Trinajstić information content (AvgIpc) is 2.64. The molecule has 2 rings (SSSR count). The summed E-state index contributed by atoms with van der Waals surface area (Å²) in [6, 6.07) is 5.21. The van der Waals surface area contributed by atoms with Crippen LogP contribution in [0.3, 0.4) is 0 Å². The van der Waals surface area contributed by atoms with Crippen molar-refractivity contribution >= 4 is 17.1 Å². The Morgan fingerprint density at radius 2 is 2.26 bits per heavy atom. The maximum absolute atomic E-state index is 11.4. The fraction of sp³-hybridized carbons (Fsp3) is 0.385. The van der Waals surface area contributed by atoms with E-state index in [1.165, 1.54) is 11.7 Å². The predicted octanol–water partition coefficient (Wildman–Crippen LogP) is 1.34. The molecule has 6 heteroatoms. The molecule has 0 aliphatic heterocycles. The van der Waals surface area contributed by atoms with Gasteiger partial charge in [-0.25, -0.2) is 4.79 Å². The van der Waals surface area contributed by atoms with Crippen LogP contribution in [0, 0.1) is 0 Å². The zero-order valence-electron chi connectivity index (χ0n) is 10.8. The second kappa shape index (κ2) is 5.27. The fourth-order valence-corrected chi connectivity index (χ4v) is 2.08. The Kier molecular flexibility index (Phi) is 3.71. The second-order valence-electron chi connectivity index (χ2n) is 4.40. The number of carboxylic acid groups (broad SMARTS) is 1. The number of carbonyl (C=O) groups is 1. The highest BCUT2D eigenvalue weighted by Gasteiger charge is 2.17. The van der Waals surface area contributed by atoms with Gasteiger partial charge in [0, 0.05) is 20.1 Å². The highest BCUT2D eigenvalue weighted by atomic mass is 16.5. The van der Waals surface area contributed by atoms with Gasteiger partial charge in [0.1, 0.15) is 0 Å². The Bertz CT molecular complexity index is 655. The summed E-state index contributed by atoms with van der Waals surface area (Å²) in [5.74, 6) is -1.58. The number of aromatic nitrogens is 1. The van der Waals surface area contributed by atoms with E-state index in [4.69, 9.17) is 14.3 Å². The van der Waals surface area contributed by atoms with Crippen molar-refractivity contribution in [2.24, 2.45) is 7.05 Å². The van der Waals surface area contributed by atoms with Crippen molar-refractivity contribution in [3.63, 3.8) is 0 Å². The molecule has 2 aromatic rings. The third-order valence-corrected chi connectivity index (χ3v) is 3.08. The van der Waals surface area contributed by atoms with Crippen LogP contribution in [0.15, 0.2) is 27.4 Å². The van der Waals surface area contributed by atoms with Crippen molar-refractivity contribution in [3.8, 4) is 0 Å². The van der Waals surface area contributed by atoms with Crippen LogP contribution in [0.25, 0.3) is 11.1 Å². The molecule has 1 N–H and O–H groups in total. The molecule has 6 nitrogen and oxygen atoms in total. The van der Waals surface area contributed by atoms with Crippen LogP contribution in [0.4, 0.5) is 0 Å². The van der Waals surface area contributed by atoms with Gasteiger partial charge >= 0.3 is 11.7 Å². The molecule has 0 saturated heterocycles. The second-order valence-corrected chi connectivity index (χ2v) is 4.40. The molecule has 0 saturated carbocycles. The van der Waals surface area contributed by atoms with Gasteiger partial charge in [-0.15, -0.1) is 0 Å². The number of hydrogen-bond donors (Lipinski definition) is 1. The monoisotopic (exact) mass is 265 g/mol. The Morgan fingerprint density at radius 3 is 2.89 bits per heavy atom. The number of nitrogens with zero attached hydrogens (tertiary/aromatic N) is 1. The van der Waals surface area contributed by atoms with Crippen molar-refractivity contribution < 1.29 is 19.1 Å². The first kappa shape index (κ1) is 13.4. The molecule has 1 heterocycles. The van der Waals surface area contributed by atoms with Crippen molar-refractivity contribution in [1.82, 2.24) is 4.57 Å². The topological polar surface area (TPSA) is 81.7 Å². The lowest BCUT2D eigenvalue weighted by Gasteiger charge is -2.14. The molecule has 1 atom stereocenters. The van der Waals surface area contributed by atoms with E-state index in [0.29, 0.717) is 17.7 Å². The van der Waals surface area contributed by atoms with E-state index in [9.17, 15) is 9.59 Å². The van der Waals surface area contributed by atoms with Gasteiger partial charge in [0.15, 0.2) is 5.58 Å². The normalized spacial score (nSPS) is 12.7. The molecule has 0 amide bonds. The number of aryl methyl sites for hydroxylation is 1. The number of rotatable bonds is 5. The number of aliphatic carboxylic acids is 1. The molecular formula is C13H15NO5. The van der Waals surface area contributed by atoms with Crippen LogP contribution in [-0.4, -0.2) is 29.4 Å². The molecule has 1 aromatic heterocycles. The van der Waals surface area contributed by atoms with Crippen molar-refractivity contribution in [2.45, 2.75) is 12.3 Å². The van der Waals surface area contributed by atoms with Gasteiger partial charge in [-0.3, -0.25) is 9.36 Å². The minimum Gasteiger partial charge on any atom is -0.481 e. The quantitative estimate of drug-likeness (QED) is 0.882. The van der Waals surface area contributed by atoms with Crippen molar-refractivity contribution in [1.29, 1.82) is 0 Å². The minimum absolute atomic E-state index is 0.0227. The van der Waals surface area contributed by atoms with Crippen molar-refractivity contribution in [3.05, 3.63) is 34.3 Å². The molecule has 0 fully saturated rings. The first-order chi connectivity index (χ1) is 9.02. The lowest BCUT2D eigenvalue weighted by atomic mass is 9.96. The Hall–Kier alpha value is -2.08. The predicted molar refractivity (Wildman–Crippen MR) is 68.3 cm³/mol. The Balaban J connectivity index is 2.44. The Labute approximate surface area is 109 Å². The molecule has 0 bridgehead atoms. The van der Waals surface area contributed by atoms with Crippen LogP contribution in [0.1, 0.15) is 17.9 Å². The van der Waals surface area contributed by atoms with Crippen LogP contribution in [0.5, 0.6) is 0 Å². The zero-order valence-corrected chi connectivity index (χ0v) is 10.8. The van der Waals surface area contributed by atoms with Gasteiger partial charge in [-0.1, -0.05) is 6.07 Å². The third kappa shape index (κ3) is 2.68. The van der Waals surface area contributed by atoms with Crippen molar-refractivity contribution in [2.75, 3.05) is 13.7 Å². The molecule has 102 valence electrons. The van der Waals surface area contributed by atoms with Crippen LogP contribution in [0.2, 0.25) is 0 Å². The lowest BCUT2D eigenvalue weighted by molar-refractivity contribution is -0.137. The summed E-state index contributed by atoms with van der Waals surface area (Å²) < 4.78 is 11.5. The van der Waals surface area contributed by atoms with Crippen LogP contribution in [-0.2, 0) is 16.6 Å².